The van der Waals surface area contributed by atoms with Gasteiger partial charge in [0.05, 0.1) is 10.0 Å². The zero-order chi connectivity index (χ0) is 18.4. The van der Waals surface area contributed by atoms with E-state index in [0.717, 1.165) is 4.47 Å². The molecule has 0 aliphatic rings. The number of anilines is 1. The zero-order valence-electron chi connectivity index (χ0n) is 13.0. The average Bonchev–Trinajstić information content (AvgIpc) is 2.55. The molecule has 25 heavy (non-hydrogen) atoms. The van der Waals surface area contributed by atoms with E-state index in [4.69, 9.17) is 32.7 Å². The van der Waals surface area contributed by atoms with Gasteiger partial charge in [-0.2, -0.15) is 0 Å². The number of ether oxygens (including phenoxy) is 2. The molecule has 1 aromatic carbocycles. The van der Waals surface area contributed by atoms with Gasteiger partial charge < -0.3 is 14.8 Å². The van der Waals surface area contributed by atoms with Crippen molar-refractivity contribution in [2.75, 3.05) is 11.9 Å². The van der Waals surface area contributed by atoms with Crippen LogP contribution in [0.1, 0.15) is 6.92 Å². The van der Waals surface area contributed by atoms with Crippen LogP contribution in [0.25, 0.3) is 0 Å². The average molecular weight is 448 g/mol. The predicted octanol–water partition coefficient (Wildman–Crippen LogP) is 4.10. The Labute approximate surface area is 162 Å². The number of hydrogen-bond acceptors (Lipinski definition) is 5. The van der Waals surface area contributed by atoms with Crippen LogP contribution in [0.4, 0.5) is 5.82 Å². The second-order valence-corrected chi connectivity index (χ2v) is 6.61. The van der Waals surface area contributed by atoms with Crippen molar-refractivity contribution < 1.29 is 19.1 Å². The van der Waals surface area contributed by atoms with Crippen LogP contribution in [0.2, 0.25) is 10.0 Å². The number of aromatic nitrogens is 1. The highest BCUT2D eigenvalue weighted by Crippen LogP contribution is 2.22. The fourth-order valence-corrected chi connectivity index (χ4v) is 2.51. The number of pyridine rings is 1. The highest BCUT2D eigenvalue weighted by molar-refractivity contribution is 9.10. The normalized spacial score (nSPS) is 11.5. The molecule has 0 fully saturated rings. The molecule has 132 valence electrons. The van der Waals surface area contributed by atoms with Crippen molar-refractivity contribution in [2.24, 2.45) is 0 Å². The lowest BCUT2D eigenvalue weighted by atomic mass is 10.3. The topological polar surface area (TPSA) is 77.5 Å². The molecule has 0 saturated carbocycles. The minimum Gasteiger partial charge on any atom is -0.482 e. The van der Waals surface area contributed by atoms with Crippen LogP contribution in [-0.2, 0) is 14.3 Å². The van der Waals surface area contributed by atoms with Crippen LogP contribution in [-0.4, -0.2) is 29.6 Å². The quantitative estimate of drug-likeness (QED) is 0.674. The molecular formula is C16H13BrCl2N2O4. The van der Waals surface area contributed by atoms with Crippen LogP contribution in [0.3, 0.4) is 0 Å². The Morgan fingerprint density at radius 2 is 2.08 bits per heavy atom. The molecule has 6 nitrogen and oxygen atoms in total. The third kappa shape index (κ3) is 6.19. The molecule has 9 heteroatoms. The smallest absolute Gasteiger partial charge is 0.344 e. The highest BCUT2D eigenvalue weighted by atomic mass is 79.9. The maximum atomic E-state index is 12.0. The van der Waals surface area contributed by atoms with Gasteiger partial charge in [-0.3, -0.25) is 4.79 Å². The van der Waals surface area contributed by atoms with Gasteiger partial charge >= 0.3 is 5.97 Å². The summed E-state index contributed by atoms with van der Waals surface area (Å²) in [5, 5.41) is 2.98. The lowest BCUT2D eigenvalue weighted by Crippen LogP contribution is -2.32. The van der Waals surface area contributed by atoms with Crippen molar-refractivity contribution in [3.05, 3.63) is 51.0 Å². The summed E-state index contributed by atoms with van der Waals surface area (Å²) in [5.74, 6) is -0.629. The monoisotopic (exact) mass is 446 g/mol. The molecule has 1 unspecified atom stereocenters. The maximum Gasteiger partial charge on any atom is 0.344 e. The lowest BCUT2D eigenvalue weighted by Gasteiger charge is -2.14. The Balaban J connectivity index is 1.84. The van der Waals surface area contributed by atoms with Crippen molar-refractivity contribution in [3.8, 4) is 5.75 Å². The molecule has 0 spiro atoms. The van der Waals surface area contributed by atoms with Gasteiger partial charge in [-0.05, 0) is 31.2 Å². The number of amides is 1. The molecule has 0 saturated heterocycles. The summed E-state index contributed by atoms with van der Waals surface area (Å²) >= 11 is 15.0. The number of hydrogen-bond donors (Lipinski definition) is 1. The Bertz CT molecular complexity index is 788. The van der Waals surface area contributed by atoms with E-state index < -0.39 is 18.0 Å². The van der Waals surface area contributed by atoms with Crippen LogP contribution in [0.5, 0.6) is 5.75 Å². The molecule has 1 atom stereocenters. The van der Waals surface area contributed by atoms with Crippen molar-refractivity contribution in [2.45, 2.75) is 13.0 Å². The van der Waals surface area contributed by atoms with E-state index in [1.807, 2.05) is 6.07 Å². The molecule has 0 aliphatic carbocycles. The minimum absolute atomic E-state index is 0.129. The third-order valence-electron chi connectivity index (χ3n) is 2.88. The molecule has 0 bridgehead atoms. The molecule has 2 rings (SSSR count). The molecule has 1 N–H and O–H groups in total. The first kappa shape index (κ1) is 19.5. The summed E-state index contributed by atoms with van der Waals surface area (Å²) in [7, 11) is 0. The number of benzene rings is 1. The first-order valence-electron chi connectivity index (χ1n) is 7.05. The number of halogens is 3. The van der Waals surface area contributed by atoms with Gasteiger partial charge in [0.15, 0.2) is 18.5 Å². The van der Waals surface area contributed by atoms with Gasteiger partial charge in [0.2, 0.25) is 0 Å². The van der Waals surface area contributed by atoms with E-state index in [0.29, 0.717) is 10.8 Å². The van der Waals surface area contributed by atoms with Crippen molar-refractivity contribution in [1.29, 1.82) is 0 Å². The summed E-state index contributed by atoms with van der Waals surface area (Å²) < 4.78 is 11.1. The minimum atomic E-state index is -1.05. The van der Waals surface area contributed by atoms with Gasteiger partial charge in [0.1, 0.15) is 5.75 Å². The van der Waals surface area contributed by atoms with Crippen molar-refractivity contribution in [3.63, 3.8) is 0 Å². The van der Waals surface area contributed by atoms with E-state index in [1.165, 1.54) is 19.2 Å². The fraction of sp³-hybridized carbons (Fsp3) is 0.188. The SMILES string of the molecule is CC(OC(=O)COc1cccc(Br)c1)C(=O)Nc1ncc(Cl)cc1Cl. The van der Waals surface area contributed by atoms with E-state index in [1.54, 1.807) is 18.2 Å². The van der Waals surface area contributed by atoms with Crippen LogP contribution < -0.4 is 10.1 Å². The van der Waals surface area contributed by atoms with Crippen LogP contribution in [0, 0.1) is 0 Å². The Hall–Kier alpha value is -1.83. The summed E-state index contributed by atoms with van der Waals surface area (Å²) in [4.78, 5) is 27.7. The number of carbonyl (C=O) groups is 2. The molecule has 1 aromatic heterocycles. The van der Waals surface area contributed by atoms with Crippen LogP contribution in [0.15, 0.2) is 41.0 Å². The number of esters is 1. The van der Waals surface area contributed by atoms with Gasteiger partial charge in [-0.25, -0.2) is 9.78 Å². The molecule has 1 heterocycles. The molecular weight excluding hydrogens is 435 g/mol. The lowest BCUT2D eigenvalue weighted by molar-refractivity contribution is -0.155. The van der Waals surface area contributed by atoms with E-state index in [-0.39, 0.29) is 17.4 Å². The number of nitrogens with one attached hydrogen (secondary N) is 1. The Morgan fingerprint density at radius 3 is 2.76 bits per heavy atom. The Kier molecular flexibility index (Phi) is 7.04. The summed E-state index contributed by atoms with van der Waals surface area (Å²) in [6.07, 6.45) is 0.290. The van der Waals surface area contributed by atoms with Gasteiger partial charge in [0.25, 0.3) is 5.91 Å². The summed E-state index contributed by atoms with van der Waals surface area (Å²) in [6.45, 7) is 1.10. The molecule has 0 radical (unpaired) electrons. The van der Waals surface area contributed by atoms with E-state index >= 15 is 0 Å². The largest absolute Gasteiger partial charge is 0.482 e. The second-order valence-electron chi connectivity index (χ2n) is 4.85. The second kappa shape index (κ2) is 9.03. The fourth-order valence-electron chi connectivity index (χ4n) is 1.71. The maximum absolute atomic E-state index is 12.0. The first-order valence-corrected chi connectivity index (χ1v) is 8.60. The first-order chi connectivity index (χ1) is 11.8. The van der Waals surface area contributed by atoms with Gasteiger partial charge in [-0.15, -0.1) is 0 Å². The molecule has 1 amide bonds. The van der Waals surface area contributed by atoms with Crippen molar-refractivity contribution in [1.82, 2.24) is 4.98 Å². The summed E-state index contributed by atoms with van der Waals surface area (Å²) in [6, 6.07) is 8.44. The van der Waals surface area contributed by atoms with E-state index in [9.17, 15) is 9.59 Å². The highest BCUT2D eigenvalue weighted by Gasteiger charge is 2.19. The standard InChI is InChI=1S/C16H13BrCl2N2O4/c1-9(16(23)21-15-13(19)6-11(18)7-20-15)25-14(22)8-24-12-4-2-3-10(17)5-12/h2-7,9H,8H2,1H3,(H,20,21,23). The molecule has 0 aliphatic heterocycles. The Morgan fingerprint density at radius 1 is 1.32 bits per heavy atom. The third-order valence-corrected chi connectivity index (χ3v) is 3.87. The zero-order valence-corrected chi connectivity index (χ0v) is 16.1. The van der Waals surface area contributed by atoms with Gasteiger partial charge in [0, 0.05) is 10.7 Å². The molecule has 2 aromatic rings. The van der Waals surface area contributed by atoms with Crippen LogP contribution >= 0.6 is 39.1 Å². The number of carbonyl (C=O) groups excluding carboxylic acids is 2. The number of nitrogens with zero attached hydrogens (tertiary/aromatic N) is 1. The predicted molar refractivity (Wildman–Crippen MR) is 98.1 cm³/mol. The number of rotatable bonds is 6. The van der Waals surface area contributed by atoms with Gasteiger partial charge in [-0.1, -0.05) is 45.2 Å². The van der Waals surface area contributed by atoms with E-state index in [2.05, 4.69) is 26.2 Å². The summed E-state index contributed by atoms with van der Waals surface area (Å²) in [5.41, 5.74) is 0. The van der Waals surface area contributed by atoms with Crippen molar-refractivity contribution >= 4 is 56.8 Å².